The van der Waals surface area contributed by atoms with Crippen LogP contribution in [0.2, 0.25) is 0 Å². The Morgan fingerprint density at radius 1 is 1.09 bits per heavy atom. The van der Waals surface area contributed by atoms with Crippen LogP contribution < -0.4 is 15.4 Å². The fourth-order valence-corrected chi connectivity index (χ4v) is 4.51. The molecule has 186 valence electrons. The smallest absolute Gasteiger partial charge is 0.251 e. The lowest BCUT2D eigenvalue weighted by molar-refractivity contribution is -0.113. The molecule has 0 aliphatic carbocycles. The van der Waals surface area contributed by atoms with Crippen LogP contribution in [-0.2, 0) is 11.3 Å². The van der Waals surface area contributed by atoms with E-state index in [1.54, 1.807) is 31.4 Å². The van der Waals surface area contributed by atoms with Gasteiger partial charge < -0.3 is 19.9 Å². The van der Waals surface area contributed by atoms with Crippen LogP contribution in [0.5, 0.6) is 5.75 Å². The number of rotatable bonds is 10. The fourth-order valence-electron chi connectivity index (χ4n) is 3.70. The number of ether oxygens (including phenoxy) is 1. The highest BCUT2D eigenvalue weighted by Crippen LogP contribution is 2.26. The Labute approximate surface area is 210 Å². The molecule has 3 aromatic rings. The van der Waals surface area contributed by atoms with Crippen LogP contribution in [0, 0.1) is 19.8 Å². The summed E-state index contributed by atoms with van der Waals surface area (Å²) in [5.41, 5.74) is 3.52. The summed E-state index contributed by atoms with van der Waals surface area (Å²) in [4.78, 5) is 25.5. The highest BCUT2D eigenvalue weighted by atomic mass is 32.2. The molecule has 3 rings (SSSR count). The molecule has 2 amide bonds. The molecule has 0 aliphatic heterocycles. The number of aryl methyl sites for hydroxylation is 2. The van der Waals surface area contributed by atoms with Gasteiger partial charge in [-0.2, -0.15) is 0 Å². The number of thioether (sulfide) groups is 1. The number of nitrogens with zero attached hydrogens (tertiary/aromatic N) is 3. The zero-order valence-corrected chi connectivity index (χ0v) is 21.9. The van der Waals surface area contributed by atoms with E-state index in [-0.39, 0.29) is 29.5 Å². The second-order valence-electron chi connectivity index (χ2n) is 8.66. The van der Waals surface area contributed by atoms with Gasteiger partial charge in [-0.25, -0.2) is 0 Å². The second-order valence-corrected chi connectivity index (χ2v) is 9.61. The number of nitrogens with one attached hydrogen (secondary N) is 2. The van der Waals surface area contributed by atoms with Crippen molar-refractivity contribution < 1.29 is 14.3 Å². The molecule has 2 N–H and O–H groups in total. The summed E-state index contributed by atoms with van der Waals surface area (Å²) in [5.74, 6) is 1.34. The summed E-state index contributed by atoms with van der Waals surface area (Å²) >= 11 is 1.33. The maximum atomic E-state index is 12.9. The first-order chi connectivity index (χ1) is 16.7. The summed E-state index contributed by atoms with van der Waals surface area (Å²) in [6.45, 7) is 10.7. The van der Waals surface area contributed by atoms with Gasteiger partial charge in [0.2, 0.25) is 5.91 Å². The van der Waals surface area contributed by atoms with Crippen molar-refractivity contribution in [3.05, 3.63) is 65.0 Å². The lowest BCUT2D eigenvalue weighted by Gasteiger charge is -2.22. The first-order valence-corrected chi connectivity index (χ1v) is 12.6. The first kappa shape index (κ1) is 26.3. The van der Waals surface area contributed by atoms with Crippen LogP contribution in [0.3, 0.4) is 0 Å². The normalized spacial score (nSPS) is 11.9. The van der Waals surface area contributed by atoms with Gasteiger partial charge in [-0.3, -0.25) is 9.59 Å². The molecule has 1 atom stereocenters. The number of aromatic nitrogens is 3. The van der Waals surface area contributed by atoms with E-state index in [1.807, 2.05) is 57.4 Å². The Morgan fingerprint density at radius 3 is 2.40 bits per heavy atom. The molecule has 0 spiro atoms. The zero-order valence-electron chi connectivity index (χ0n) is 21.1. The molecule has 0 saturated carbocycles. The lowest BCUT2D eigenvalue weighted by Crippen LogP contribution is -2.33. The largest absolute Gasteiger partial charge is 0.497 e. The number of anilines is 1. The predicted molar refractivity (Wildman–Crippen MR) is 139 cm³/mol. The van der Waals surface area contributed by atoms with E-state index in [1.165, 1.54) is 11.8 Å². The molecule has 9 heteroatoms. The summed E-state index contributed by atoms with van der Waals surface area (Å²) in [7, 11) is 1.59. The molecule has 0 saturated heterocycles. The first-order valence-electron chi connectivity index (χ1n) is 11.6. The predicted octanol–water partition coefficient (Wildman–Crippen LogP) is 4.78. The number of methoxy groups -OCH3 is 1. The van der Waals surface area contributed by atoms with Gasteiger partial charge in [0.05, 0.1) is 18.9 Å². The molecular formula is C26H33N5O3S. The number of hydrogen-bond acceptors (Lipinski definition) is 6. The molecule has 0 fully saturated rings. The van der Waals surface area contributed by atoms with Crippen LogP contribution in [0.25, 0.3) is 0 Å². The van der Waals surface area contributed by atoms with Crippen LogP contribution >= 0.6 is 11.8 Å². The van der Waals surface area contributed by atoms with Crippen molar-refractivity contribution in [3.8, 4) is 5.75 Å². The molecule has 0 aliphatic rings. The van der Waals surface area contributed by atoms with Gasteiger partial charge in [0.15, 0.2) is 11.0 Å². The Hall–Kier alpha value is -3.33. The standard InChI is InChI=1S/C26H33N5O3S/c1-7-31-24(23(16(2)3)28-25(33)19-9-11-20(34-6)12-10-19)29-30-26(31)35-15-22(32)27-21-13-8-17(4)14-18(21)5/h8-14,16,23H,7,15H2,1-6H3,(H,27,32)(H,28,33). The van der Waals surface area contributed by atoms with E-state index in [2.05, 4.69) is 20.8 Å². The molecule has 1 aromatic heterocycles. The SMILES string of the molecule is CCn1c(SCC(=O)Nc2ccc(C)cc2C)nnc1C(NC(=O)c1ccc(OC)cc1)C(C)C. The molecule has 2 aromatic carbocycles. The average molecular weight is 496 g/mol. The van der Waals surface area contributed by atoms with Gasteiger partial charge in [0.1, 0.15) is 5.75 Å². The monoisotopic (exact) mass is 495 g/mol. The summed E-state index contributed by atoms with van der Waals surface area (Å²) in [6.07, 6.45) is 0. The maximum Gasteiger partial charge on any atom is 0.251 e. The third-order valence-corrected chi connectivity index (χ3v) is 6.60. The third kappa shape index (κ3) is 6.63. The molecular weight excluding hydrogens is 462 g/mol. The van der Waals surface area contributed by atoms with Crippen molar-refractivity contribution in [1.82, 2.24) is 20.1 Å². The van der Waals surface area contributed by atoms with E-state index in [4.69, 9.17) is 4.74 Å². The Bertz CT molecular complexity index is 1170. The van der Waals surface area contributed by atoms with E-state index in [0.29, 0.717) is 28.8 Å². The number of carbonyl (C=O) groups is 2. The minimum atomic E-state index is -0.338. The van der Waals surface area contributed by atoms with E-state index in [9.17, 15) is 9.59 Å². The summed E-state index contributed by atoms with van der Waals surface area (Å²) < 4.78 is 7.12. The topological polar surface area (TPSA) is 98.1 Å². The highest BCUT2D eigenvalue weighted by molar-refractivity contribution is 7.99. The molecule has 35 heavy (non-hydrogen) atoms. The lowest BCUT2D eigenvalue weighted by atomic mass is 10.0. The van der Waals surface area contributed by atoms with Crippen molar-refractivity contribution in [1.29, 1.82) is 0 Å². The van der Waals surface area contributed by atoms with E-state index in [0.717, 1.165) is 16.8 Å². The summed E-state index contributed by atoms with van der Waals surface area (Å²) in [5, 5.41) is 15.4. The summed E-state index contributed by atoms with van der Waals surface area (Å²) in [6, 6.07) is 12.6. The second kappa shape index (κ2) is 11.9. The van der Waals surface area contributed by atoms with Gasteiger partial charge >= 0.3 is 0 Å². The highest BCUT2D eigenvalue weighted by Gasteiger charge is 2.26. The minimum absolute atomic E-state index is 0.0809. The molecule has 0 radical (unpaired) electrons. The molecule has 1 unspecified atom stereocenters. The number of amides is 2. The Kier molecular flexibility index (Phi) is 8.92. The van der Waals surface area contributed by atoms with Crippen LogP contribution in [0.1, 0.15) is 54.1 Å². The fraction of sp³-hybridized carbons (Fsp3) is 0.385. The van der Waals surface area contributed by atoms with Crippen LogP contribution in [-0.4, -0.2) is 39.4 Å². The van der Waals surface area contributed by atoms with Gasteiger partial charge in [0.25, 0.3) is 5.91 Å². The van der Waals surface area contributed by atoms with Gasteiger partial charge in [-0.1, -0.05) is 43.3 Å². The van der Waals surface area contributed by atoms with E-state index < -0.39 is 0 Å². The van der Waals surface area contributed by atoms with Crippen LogP contribution in [0.4, 0.5) is 5.69 Å². The molecule has 1 heterocycles. The van der Waals surface area contributed by atoms with Crippen molar-refractivity contribution in [2.24, 2.45) is 5.92 Å². The molecule has 0 bridgehead atoms. The third-order valence-electron chi connectivity index (χ3n) is 5.63. The number of carbonyl (C=O) groups excluding carboxylic acids is 2. The zero-order chi connectivity index (χ0) is 25.5. The van der Waals surface area contributed by atoms with Crippen molar-refractivity contribution in [3.63, 3.8) is 0 Å². The average Bonchev–Trinajstić information content (AvgIpc) is 3.25. The number of benzene rings is 2. The van der Waals surface area contributed by atoms with Crippen molar-refractivity contribution in [2.45, 2.75) is 52.4 Å². The van der Waals surface area contributed by atoms with Gasteiger partial charge in [-0.05, 0) is 62.6 Å². The number of hydrogen-bond donors (Lipinski definition) is 2. The van der Waals surface area contributed by atoms with Crippen LogP contribution in [0.15, 0.2) is 47.6 Å². The maximum absolute atomic E-state index is 12.9. The van der Waals surface area contributed by atoms with Gasteiger partial charge in [0, 0.05) is 17.8 Å². The Morgan fingerprint density at radius 2 is 1.80 bits per heavy atom. The Balaban J connectivity index is 1.70. The van der Waals surface area contributed by atoms with Crippen molar-refractivity contribution >= 4 is 29.3 Å². The van der Waals surface area contributed by atoms with E-state index >= 15 is 0 Å². The molecule has 8 nitrogen and oxygen atoms in total. The minimum Gasteiger partial charge on any atom is -0.497 e. The van der Waals surface area contributed by atoms with Crippen molar-refractivity contribution in [2.75, 3.05) is 18.2 Å². The quantitative estimate of drug-likeness (QED) is 0.393. The van der Waals surface area contributed by atoms with Gasteiger partial charge in [-0.15, -0.1) is 10.2 Å².